The first-order valence-corrected chi connectivity index (χ1v) is 11.5. The predicted molar refractivity (Wildman–Crippen MR) is 141 cm³/mol. The largest absolute Gasteiger partial charge is 0.324 e. The summed E-state index contributed by atoms with van der Waals surface area (Å²) in [5, 5.41) is 5.93. The van der Waals surface area contributed by atoms with Crippen LogP contribution in [0.5, 0.6) is 0 Å². The average Bonchev–Trinajstić information content (AvgIpc) is 2.93. The standard InChI is InChI=1S/C31H23N3/c1-4-12-22(13-5-1)27-21-20-23-14-10-11-19-26(23)28(27)31-33-29(24-15-6-2-7-16-24)32-30(34-31)25-17-8-3-9-18-25/h1-21,29H,(H,32,33,34). The fourth-order valence-corrected chi connectivity index (χ4v) is 4.48. The van der Waals surface area contributed by atoms with Gasteiger partial charge < -0.3 is 5.32 Å². The van der Waals surface area contributed by atoms with Crippen molar-refractivity contribution < 1.29 is 0 Å². The number of amidine groups is 2. The molecular weight excluding hydrogens is 414 g/mol. The molecule has 0 saturated heterocycles. The molecule has 3 heteroatoms. The molecule has 1 aliphatic heterocycles. The maximum Gasteiger partial charge on any atom is 0.169 e. The fourth-order valence-electron chi connectivity index (χ4n) is 4.48. The molecule has 6 rings (SSSR count). The van der Waals surface area contributed by atoms with E-state index in [1.165, 1.54) is 5.39 Å². The lowest BCUT2D eigenvalue weighted by atomic mass is 9.93. The first kappa shape index (κ1) is 20.1. The third-order valence-corrected chi connectivity index (χ3v) is 6.14. The minimum atomic E-state index is -0.324. The number of fused-ring (bicyclic) bond motifs is 1. The van der Waals surface area contributed by atoms with Crippen LogP contribution < -0.4 is 5.32 Å². The Kier molecular flexibility index (Phi) is 5.21. The number of nitrogens with zero attached hydrogens (tertiary/aromatic N) is 2. The molecule has 1 unspecified atom stereocenters. The summed E-state index contributed by atoms with van der Waals surface area (Å²) in [6.45, 7) is 0. The predicted octanol–water partition coefficient (Wildman–Crippen LogP) is 7.00. The van der Waals surface area contributed by atoms with Crippen molar-refractivity contribution >= 4 is 22.4 Å². The molecule has 0 amide bonds. The van der Waals surface area contributed by atoms with Crippen LogP contribution in [-0.2, 0) is 0 Å². The van der Waals surface area contributed by atoms with Gasteiger partial charge in [-0.15, -0.1) is 0 Å². The van der Waals surface area contributed by atoms with Gasteiger partial charge in [0.25, 0.3) is 0 Å². The van der Waals surface area contributed by atoms with E-state index in [9.17, 15) is 0 Å². The Labute approximate surface area is 199 Å². The summed E-state index contributed by atoms with van der Waals surface area (Å²) < 4.78 is 0. The molecule has 0 fully saturated rings. The minimum Gasteiger partial charge on any atom is -0.324 e. The van der Waals surface area contributed by atoms with Gasteiger partial charge >= 0.3 is 0 Å². The van der Waals surface area contributed by atoms with Crippen LogP contribution in [0.2, 0.25) is 0 Å². The van der Waals surface area contributed by atoms with Gasteiger partial charge in [-0.25, -0.2) is 9.98 Å². The van der Waals surface area contributed by atoms with Crippen molar-refractivity contribution in [3.8, 4) is 11.1 Å². The van der Waals surface area contributed by atoms with Crippen molar-refractivity contribution in [1.29, 1.82) is 0 Å². The number of aliphatic imine (C=N–C) groups is 2. The van der Waals surface area contributed by atoms with Crippen LogP contribution in [0.25, 0.3) is 21.9 Å². The number of nitrogens with one attached hydrogen (secondary N) is 1. The second-order valence-corrected chi connectivity index (χ2v) is 8.31. The van der Waals surface area contributed by atoms with Crippen molar-refractivity contribution in [3.63, 3.8) is 0 Å². The molecule has 1 N–H and O–H groups in total. The summed E-state index contributed by atoms with van der Waals surface area (Å²) >= 11 is 0. The summed E-state index contributed by atoms with van der Waals surface area (Å²) in [5.74, 6) is 1.66. The highest BCUT2D eigenvalue weighted by molar-refractivity contribution is 6.22. The molecule has 1 heterocycles. The Balaban J connectivity index is 1.59. The zero-order chi connectivity index (χ0) is 22.7. The topological polar surface area (TPSA) is 36.8 Å². The van der Waals surface area contributed by atoms with Gasteiger partial charge in [0.15, 0.2) is 6.17 Å². The first-order valence-electron chi connectivity index (χ1n) is 11.5. The minimum absolute atomic E-state index is 0.324. The molecule has 0 aliphatic carbocycles. The Morgan fingerprint density at radius 2 is 1.09 bits per heavy atom. The highest BCUT2D eigenvalue weighted by Crippen LogP contribution is 2.33. The van der Waals surface area contributed by atoms with E-state index in [0.29, 0.717) is 0 Å². The zero-order valence-corrected chi connectivity index (χ0v) is 18.6. The highest BCUT2D eigenvalue weighted by atomic mass is 15.2. The van der Waals surface area contributed by atoms with Crippen molar-refractivity contribution in [3.05, 3.63) is 144 Å². The molecule has 1 atom stereocenters. The van der Waals surface area contributed by atoms with Gasteiger partial charge in [0, 0.05) is 11.1 Å². The molecule has 0 radical (unpaired) electrons. The van der Waals surface area contributed by atoms with Crippen molar-refractivity contribution in [2.45, 2.75) is 6.17 Å². The molecule has 162 valence electrons. The summed E-state index contributed by atoms with van der Waals surface area (Å²) in [5.41, 5.74) is 5.50. The van der Waals surface area contributed by atoms with E-state index in [1.54, 1.807) is 0 Å². The van der Waals surface area contributed by atoms with E-state index in [2.05, 4.69) is 90.2 Å². The van der Waals surface area contributed by atoms with Gasteiger partial charge in [0.2, 0.25) is 0 Å². The van der Waals surface area contributed by atoms with E-state index in [4.69, 9.17) is 9.98 Å². The summed E-state index contributed by atoms with van der Waals surface area (Å²) in [4.78, 5) is 10.2. The van der Waals surface area contributed by atoms with E-state index in [-0.39, 0.29) is 6.17 Å². The summed E-state index contributed by atoms with van der Waals surface area (Å²) in [7, 11) is 0. The Hall–Kier alpha value is -4.50. The molecule has 5 aromatic carbocycles. The highest BCUT2D eigenvalue weighted by Gasteiger charge is 2.23. The third-order valence-electron chi connectivity index (χ3n) is 6.14. The van der Waals surface area contributed by atoms with Crippen LogP contribution in [0.15, 0.2) is 137 Å². The lowest BCUT2D eigenvalue weighted by Gasteiger charge is -2.24. The van der Waals surface area contributed by atoms with Gasteiger partial charge in [0.05, 0.1) is 0 Å². The van der Waals surface area contributed by atoms with Crippen LogP contribution >= 0.6 is 0 Å². The Bertz CT molecular complexity index is 1500. The maximum absolute atomic E-state index is 5.15. The number of hydrogen-bond acceptors (Lipinski definition) is 3. The smallest absolute Gasteiger partial charge is 0.169 e. The third kappa shape index (κ3) is 3.78. The molecule has 5 aromatic rings. The van der Waals surface area contributed by atoms with E-state index >= 15 is 0 Å². The van der Waals surface area contributed by atoms with Crippen LogP contribution in [-0.4, -0.2) is 11.7 Å². The van der Waals surface area contributed by atoms with Crippen molar-refractivity contribution in [2.24, 2.45) is 9.98 Å². The molecule has 0 bridgehead atoms. The van der Waals surface area contributed by atoms with Crippen LogP contribution in [0, 0.1) is 0 Å². The van der Waals surface area contributed by atoms with Gasteiger partial charge in [-0.3, -0.25) is 0 Å². The van der Waals surface area contributed by atoms with Crippen LogP contribution in [0.4, 0.5) is 0 Å². The lowest BCUT2D eigenvalue weighted by molar-refractivity contribution is 0.756. The summed E-state index contributed by atoms with van der Waals surface area (Å²) in [6.07, 6.45) is -0.324. The molecule has 34 heavy (non-hydrogen) atoms. The van der Waals surface area contributed by atoms with Crippen molar-refractivity contribution in [2.75, 3.05) is 0 Å². The van der Waals surface area contributed by atoms with Crippen molar-refractivity contribution in [1.82, 2.24) is 5.32 Å². The number of benzene rings is 5. The molecule has 0 spiro atoms. The van der Waals surface area contributed by atoms with E-state index in [1.807, 2.05) is 42.5 Å². The number of rotatable bonds is 4. The number of hydrogen-bond donors (Lipinski definition) is 1. The van der Waals surface area contributed by atoms with Gasteiger partial charge in [-0.05, 0) is 27.5 Å². The molecular formula is C31H23N3. The fraction of sp³-hybridized carbons (Fsp3) is 0.0323. The van der Waals surface area contributed by atoms with Gasteiger partial charge in [0.1, 0.15) is 11.7 Å². The maximum atomic E-state index is 5.15. The van der Waals surface area contributed by atoms with Crippen LogP contribution in [0.3, 0.4) is 0 Å². The second kappa shape index (κ2) is 8.80. The molecule has 0 saturated carbocycles. The lowest BCUT2D eigenvalue weighted by Crippen LogP contribution is -2.36. The average molecular weight is 438 g/mol. The second-order valence-electron chi connectivity index (χ2n) is 8.31. The van der Waals surface area contributed by atoms with Gasteiger partial charge in [-0.1, -0.05) is 127 Å². The molecule has 3 nitrogen and oxygen atoms in total. The Morgan fingerprint density at radius 1 is 0.500 bits per heavy atom. The van der Waals surface area contributed by atoms with Crippen LogP contribution in [0.1, 0.15) is 22.9 Å². The molecule has 0 aromatic heterocycles. The summed E-state index contributed by atoms with van der Waals surface area (Å²) in [6, 6.07) is 43.9. The van der Waals surface area contributed by atoms with Gasteiger partial charge in [-0.2, -0.15) is 0 Å². The Morgan fingerprint density at radius 3 is 1.82 bits per heavy atom. The first-order chi connectivity index (χ1) is 16.9. The molecule has 1 aliphatic rings. The van der Waals surface area contributed by atoms with E-state index < -0.39 is 0 Å². The van der Waals surface area contributed by atoms with E-state index in [0.717, 1.165) is 44.9 Å². The quantitative estimate of drug-likeness (QED) is 0.323. The normalized spacial score (nSPS) is 15.4. The zero-order valence-electron chi connectivity index (χ0n) is 18.6. The monoisotopic (exact) mass is 437 g/mol. The SMILES string of the molecule is c1ccc(C2=NC(c3ccccc3)N=C(c3c(-c4ccccc4)ccc4ccccc34)N2)cc1.